The summed E-state index contributed by atoms with van der Waals surface area (Å²) in [6.45, 7) is 2.24. The van der Waals surface area contributed by atoms with Crippen LogP contribution in [0.5, 0.6) is 0 Å². The fourth-order valence-electron chi connectivity index (χ4n) is 2.96. The smallest absolute Gasteiger partial charge is 0.147 e. The van der Waals surface area contributed by atoms with Crippen molar-refractivity contribution in [2.24, 2.45) is 5.92 Å². The summed E-state index contributed by atoms with van der Waals surface area (Å²) in [5, 5.41) is 9.85. The molecule has 106 valence electrons. The molecule has 0 fully saturated rings. The van der Waals surface area contributed by atoms with Crippen molar-refractivity contribution in [3.05, 3.63) is 50.7 Å². The van der Waals surface area contributed by atoms with Gasteiger partial charge in [-0.15, -0.1) is 0 Å². The van der Waals surface area contributed by atoms with Gasteiger partial charge >= 0.3 is 0 Å². The molecule has 0 saturated heterocycles. The Balaban J connectivity index is 2.35. The molecule has 2 nitrogen and oxygen atoms in total. The molecule has 1 aliphatic carbocycles. The van der Waals surface area contributed by atoms with E-state index in [0.717, 1.165) is 40.6 Å². The van der Waals surface area contributed by atoms with Gasteiger partial charge in [0.25, 0.3) is 0 Å². The molecule has 0 radical (unpaired) electrons. The van der Waals surface area contributed by atoms with Crippen molar-refractivity contribution in [2.45, 2.75) is 26.2 Å². The van der Waals surface area contributed by atoms with Crippen LogP contribution in [0.15, 0.2) is 28.7 Å². The summed E-state index contributed by atoms with van der Waals surface area (Å²) in [5.41, 5.74) is 4.68. The van der Waals surface area contributed by atoms with E-state index < -0.39 is 0 Å². The number of hydrogen-bond acceptors (Lipinski definition) is 2. The van der Waals surface area contributed by atoms with Crippen molar-refractivity contribution in [2.75, 3.05) is 0 Å². The molecule has 0 unspecified atom stereocenters. The summed E-state index contributed by atoms with van der Waals surface area (Å²) < 4.78 is 0.976. The molecule has 1 atom stereocenters. The van der Waals surface area contributed by atoms with Gasteiger partial charge in [-0.1, -0.05) is 52.7 Å². The predicted molar refractivity (Wildman–Crippen MR) is 88.3 cm³/mol. The molecule has 1 aliphatic rings. The Morgan fingerprint density at radius 1 is 1.38 bits per heavy atom. The molecule has 2 aromatic rings. The lowest BCUT2D eigenvalue weighted by Gasteiger charge is -2.25. The van der Waals surface area contributed by atoms with Crippen LogP contribution in [0.2, 0.25) is 5.15 Å². The molecular formula is C17H14BrClN2. The SMILES string of the molecule is C[C@@H]1CCc2nc(Cl)c(C#N)c(-c3ccccc3Br)c2C1. The molecule has 0 spiro atoms. The molecule has 0 amide bonds. The average Bonchev–Trinajstić information content (AvgIpc) is 2.47. The highest BCUT2D eigenvalue weighted by molar-refractivity contribution is 9.10. The van der Waals surface area contributed by atoms with Crippen LogP contribution in [0.1, 0.15) is 30.2 Å². The van der Waals surface area contributed by atoms with Crippen LogP contribution in [0, 0.1) is 17.2 Å². The van der Waals surface area contributed by atoms with Crippen molar-refractivity contribution in [1.29, 1.82) is 5.26 Å². The molecule has 0 bridgehead atoms. The molecule has 0 aliphatic heterocycles. The lowest BCUT2D eigenvalue weighted by molar-refractivity contribution is 0.494. The summed E-state index contributed by atoms with van der Waals surface area (Å²) in [5.74, 6) is 0.605. The minimum atomic E-state index is 0.316. The normalized spacial score (nSPS) is 17.1. The van der Waals surface area contributed by atoms with Crippen LogP contribution >= 0.6 is 27.5 Å². The highest BCUT2D eigenvalue weighted by atomic mass is 79.9. The first-order chi connectivity index (χ1) is 10.1. The third-order valence-electron chi connectivity index (χ3n) is 4.02. The quantitative estimate of drug-likeness (QED) is 0.658. The molecule has 4 heteroatoms. The van der Waals surface area contributed by atoms with Gasteiger partial charge in [0, 0.05) is 15.7 Å². The number of nitrogens with zero attached hydrogens (tertiary/aromatic N) is 2. The van der Waals surface area contributed by atoms with Crippen molar-refractivity contribution in [3.8, 4) is 17.2 Å². The minimum Gasteiger partial charge on any atom is -0.239 e. The van der Waals surface area contributed by atoms with Crippen LogP contribution in [0.3, 0.4) is 0 Å². The average molecular weight is 362 g/mol. The topological polar surface area (TPSA) is 36.7 Å². The Labute approximate surface area is 137 Å². The van der Waals surface area contributed by atoms with E-state index in [1.54, 1.807) is 0 Å². The largest absolute Gasteiger partial charge is 0.239 e. The molecule has 0 saturated carbocycles. The van der Waals surface area contributed by atoms with Crippen LogP contribution < -0.4 is 0 Å². The third-order valence-corrected chi connectivity index (χ3v) is 4.99. The van der Waals surface area contributed by atoms with Crippen molar-refractivity contribution >= 4 is 27.5 Å². The maximum Gasteiger partial charge on any atom is 0.147 e. The number of aryl methyl sites for hydroxylation is 1. The summed E-state index contributed by atoms with van der Waals surface area (Å²) in [6.07, 6.45) is 3.00. The van der Waals surface area contributed by atoms with Gasteiger partial charge in [0.2, 0.25) is 0 Å². The first-order valence-corrected chi connectivity index (χ1v) is 8.15. The van der Waals surface area contributed by atoms with E-state index >= 15 is 0 Å². The van der Waals surface area contributed by atoms with E-state index in [9.17, 15) is 5.26 Å². The molecule has 0 N–H and O–H groups in total. The molecular weight excluding hydrogens is 348 g/mol. The molecule has 3 rings (SSSR count). The molecule has 21 heavy (non-hydrogen) atoms. The monoisotopic (exact) mass is 360 g/mol. The maximum absolute atomic E-state index is 9.53. The first-order valence-electron chi connectivity index (χ1n) is 6.98. The third kappa shape index (κ3) is 2.59. The van der Waals surface area contributed by atoms with Gasteiger partial charge in [-0.2, -0.15) is 5.26 Å². The summed E-state index contributed by atoms with van der Waals surface area (Å²) in [7, 11) is 0. The number of pyridine rings is 1. The summed E-state index contributed by atoms with van der Waals surface area (Å²) in [4.78, 5) is 4.46. The second kappa shape index (κ2) is 5.79. The molecule has 1 aromatic carbocycles. The fourth-order valence-corrected chi connectivity index (χ4v) is 3.69. The summed E-state index contributed by atoms with van der Waals surface area (Å²) >= 11 is 9.85. The van der Waals surface area contributed by atoms with E-state index in [0.29, 0.717) is 16.6 Å². The van der Waals surface area contributed by atoms with Crippen LogP contribution in [0.4, 0.5) is 0 Å². The Morgan fingerprint density at radius 2 is 2.14 bits per heavy atom. The predicted octanol–water partition coefficient (Wildman–Crippen LogP) is 5.16. The number of rotatable bonds is 1. The highest BCUT2D eigenvalue weighted by Crippen LogP contribution is 2.40. The zero-order chi connectivity index (χ0) is 15.0. The number of halogens is 2. The Kier molecular flexibility index (Phi) is 4.01. The first kappa shape index (κ1) is 14.6. The molecule has 1 heterocycles. The number of fused-ring (bicyclic) bond motifs is 1. The van der Waals surface area contributed by atoms with Gasteiger partial charge in [-0.3, -0.25) is 0 Å². The zero-order valence-corrected chi connectivity index (χ0v) is 14.0. The van der Waals surface area contributed by atoms with Crippen LogP contribution in [0.25, 0.3) is 11.1 Å². The number of hydrogen-bond donors (Lipinski definition) is 0. The van der Waals surface area contributed by atoms with Gasteiger partial charge in [0.15, 0.2) is 0 Å². The van der Waals surface area contributed by atoms with Gasteiger partial charge < -0.3 is 0 Å². The van der Waals surface area contributed by atoms with Crippen molar-refractivity contribution in [1.82, 2.24) is 4.98 Å². The Hall–Kier alpha value is -1.37. The number of benzene rings is 1. The van der Waals surface area contributed by atoms with E-state index in [1.807, 2.05) is 24.3 Å². The summed E-state index contributed by atoms with van der Waals surface area (Å²) in [6, 6.07) is 10.2. The van der Waals surface area contributed by atoms with E-state index in [-0.39, 0.29) is 0 Å². The number of aromatic nitrogens is 1. The minimum absolute atomic E-state index is 0.316. The van der Waals surface area contributed by atoms with Crippen LogP contribution in [-0.2, 0) is 12.8 Å². The molecule has 1 aromatic heterocycles. The lowest BCUT2D eigenvalue weighted by atomic mass is 9.82. The van der Waals surface area contributed by atoms with Crippen molar-refractivity contribution < 1.29 is 0 Å². The van der Waals surface area contributed by atoms with E-state index in [2.05, 4.69) is 33.9 Å². The standard InChI is InChI=1S/C17H14BrClN2/c1-10-6-7-15-12(8-10)16(13(9-20)17(19)21-15)11-4-2-3-5-14(11)18/h2-5,10H,6-8H2,1H3/t10-/m1/s1. The maximum atomic E-state index is 9.53. The number of nitriles is 1. The Morgan fingerprint density at radius 3 is 2.86 bits per heavy atom. The highest BCUT2D eigenvalue weighted by Gasteiger charge is 2.25. The lowest BCUT2D eigenvalue weighted by Crippen LogP contribution is -2.15. The van der Waals surface area contributed by atoms with Gasteiger partial charge in [0.1, 0.15) is 11.2 Å². The van der Waals surface area contributed by atoms with Crippen LogP contribution in [-0.4, -0.2) is 4.98 Å². The zero-order valence-electron chi connectivity index (χ0n) is 11.7. The van der Waals surface area contributed by atoms with Gasteiger partial charge in [0.05, 0.1) is 5.56 Å². The van der Waals surface area contributed by atoms with Gasteiger partial charge in [-0.25, -0.2) is 4.98 Å². The fraction of sp³-hybridized carbons (Fsp3) is 0.294. The van der Waals surface area contributed by atoms with Crippen molar-refractivity contribution in [3.63, 3.8) is 0 Å². The van der Waals surface area contributed by atoms with E-state index in [4.69, 9.17) is 11.6 Å². The van der Waals surface area contributed by atoms with Gasteiger partial charge in [-0.05, 0) is 42.4 Å². The van der Waals surface area contributed by atoms with E-state index in [1.165, 1.54) is 5.56 Å². The Bertz CT molecular complexity index is 749. The second-order valence-corrected chi connectivity index (χ2v) is 6.73. The second-order valence-electron chi connectivity index (χ2n) is 5.52.